The van der Waals surface area contributed by atoms with E-state index in [1.165, 1.54) is 17.1 Å². The van der Waals surface area contributed by atoms with Gasteiger partial charge in [-0.05, 0) is 31.7 Å². The standard InChI is InChI=1S/C12H20N2OS/c1-2-12-13-11(9-16-12)8-14-5-3-10(7-14)4-6-15/h9-10,15H,2-8H2,1H3. The highest BCUT2D eigenvalue weighted by molar-refractivity contribution is 7.09. The number of hydrogen-bond acceptors (Lipinski definition) is 4. The monoisotopic (exact) mass is 240 g/mol. The molecule has 4 heteroatoms. The summed E-state index contributed by atoms with van der Waals surface area (Å²) in [5, 5.41) is 12.3. The molecule has 0 bridgehead atoms. The first-order chi connectivity index (χ1) is 7.81. The van der Waals surface area contributed by atoms with Crippen LogP contribution in [0.2, 0.25) is 0 Å². The minimum absolute atomic E-state index is 0.329. The van der Waals surface area contributed by atoms with Crippen molar-refractivity contribution in [3.05, 3.63) is 16.1 Å². The summed E-state index contributed by atoms with van der Waals surface area (Å²) in [6.45, 7) is 5.74. The average molecular weight is 240 g/mol. The molecule has 1 saturated heterocycles. The number of thiazole rings is 1. The summed E-state index contributed by atoms with van der Waals surface area (Å²) >= 11 is 1.77. The SMILES string of the molecule is CCc1nc(CN2CCC(CCO)C2)cs1. The molecule has 1 atom stereocenters. The fourth-order valence-electron chi connectivity index (χ4n) is 2.29. The molecule has 0 amide bonds. The van der Waals surface area contributed by atoms with Crippen molar-refractivity contribution in [2.45, 2.75) is 32.7 Å². The lowest BCUT2D eigenvalue weighted by molar-refractivity contribution is 0.249. The van der Waals surface area contributed by atoms with Crippen LogP contribution in [0.3, 0.4) is 0 Å². The summed E-state index contributed by atoms with van der Waals surface area (Å²) in [6.07, 6.45) is 3.22. The van der Waals surface area contributed by atoms with E-state index in [0.717, 1.165) is 32.5 Å². The van der Waals surface area contributed by atoms with Crippen molar-refractivity contribution in [2.75, 3.05) is 19.7 Å². The molecule has 0 radical (unpaired) electrons. The molecule has 0 aliphatic carbocycles. The molecule has 1 aliphatic heterocycles. The quantitative estimate of drug-likeness (QED) is 0.854. The number of aromatic nitrogens is 1. The molecular weight excluding hydrogens is 220 g/mol. The molecule has 2 rings (SSSR count). The maximum Gasteiger partial charge on any atom is 0.0926 e. The summed E-state index contributed by atoms with van der Waals surface area (Å²) in [6, 6.07) is 0. The zero-order valence-electron chi connectivity index (χ0n) is 9.85. The van der Waals surface area contributed by atoms with Gasteiger partial charge in [-0.3, -0.25) is 4.90 Å². The predicted molar refractivity (Wildman–Crippen MR) is 66.6 cm³/mol. The van der Waals surface area contributed by atoms with Gasteiger partial charge in [-0.25, -0.2) is 4.98 Å². The Hall–Kier alpha value is -0.450. The molecular formula is C12H20N2OS. The Morgan fingerprint density at radius 3 is 3.19 bits per heavy atom. The minimum Gasteiger partial charge on any atom is -0.396 e. The Morgan fingerprint density at radius 2 is 2.50 bits per heavy atom. The molecule has 0 aromatic carbocycles. The van der Waals surface area contributed by atoms with Crippen LogP contribution in [-0.4, -0.2) is 34.7 Å². The van der Waals surface area contributed by atoms with E-state index in [-0.39, 0.29) is 0 Å². The highest BCUT2D eigenvalue weighted by Crippen LogP contribution is 2.21. The van der Waals surface area contributed by atoms with E-state index in [4.69, 9.17) is 5.11 Å². The van der Waals surface area contributed by atoms with E-state index in [2.05, 4.69) is 22.2 Å². The van der Waals surface area contributed by atoms with Gasteiger partial charge in [-0.15, -0.1) is 11.3 Å². The predicted octanol–water partition coefficient (Wildman–Crippen LogP) is 1.91. The normalized spacial score (nSPS) is 21.8. The van der Waals surface area contributed by atoms with Crippen molar-refractivity contribution in [3.63, 3.8) is 0 Å². The van der Waals surface area contributed by atoms with Crippen molar-refractivity contribution in [1.29, 1.82) is 0 Å². The lowest BCUT2D eigenvalue weighted by Gasteiger charge is -2.13. The largest absolute Gasteiger partial charge is 0.396 e. The summed E-state index contributed by atoms with van der Waals surface area (Å²) < 4.78 is 0. The summed E-state index contributed by atoms with van der Waals surface area (Å²) in [5.74, 6) is 0.689. The van der Waals surface area contributed by atoms with Crippen LogP contribution >= 0.6 is 11.3 Å². The number of aryl methyl sites for hydroxylation is 1. The summed E-state index contributed by atoms with van der Waals surface area (Å²) in [4.78, 5) is 7.04. The lowest BCUT2D eigenvalue weighted by atomic mass is 10.1. The fourth-order valence-corrected chi connectivity index (χ4v) is 3.02. The topological polar surface area (TPSA) is 36.4 Å². The third-order valence-electron chi connectivity index (χ3n) is 3.19. The van der Waals surface area contributed by atoms with E-state index in [1.807, 2.05) is 0 Å². The second kappa shape index (κ2) is 5.75. The van der Waals surface area contributed by atoms with Crippen molar-refractivity contribution < 1.29 is 5.11 Å². The Bertz CT molecular complexity index is 327. The lowest BCUT2D eigenvalue weighted by Crippen LogP contribution is -2.20. The molecule has 2 heterocycles. The molecule has 0 spiro atoms. The fraction of sp³-hybridized carbons (Fsp3) is 0.750. The Labute approximate surface area is 101 Å². The van der Waals surface area contributed by atoms with Crippen molar-refractivity contribution >= 4 is 11.3 Å². The van der Waals surface area contributed by atoms with E-state index in [0.29, 0.717) is 12.5 Å². The second-order valence-corrected chi connectivity index (χ2v) is 5.43. The molecule has 0 saturated carbocycles. The maximum atomic E-state index is 8.91. The Balaban J connectivity index is 1.82. The molecule has 1 aliphatic rings. The summed E-state index contributed by atoms with van der Waals surface area (Å²) in [7, 11) is 0. The molecule has 3 nitrogen and oxygen atoms in total. The van der Waals surface area contributed by atoms with Gasteiger partial charge in [0.2, 0.25) is 0 Å². The van der Waals surface area contributed by atoms with Crippen LogP contribution in [0.5, 0.6) is 0 Å². The first kappa shape index (κ1) is 12.0. The van der Waals surface area contributed by atoms with E-state index in [9.17, 15) is 0 Å². The van der Waals surface area contributed by atoms with E-state index >= 15 is 0 Å². The van der Waals surface area contributed by atoms with Crippen molar-refractivity contribution in [2.24, 2.45) is 5.92 Å². The molecule has 1 aromatic heterocycles. The Kier molecular flexibility index (Phi) is 4.32. The van der Waals surface area contributed by atoms with Gasteiger partial charge in [0.15, 0.2) is 0 Å². The first-order valence-electron chi connectivity index (χ1n) is 6.08. The molecule has 16 heavy (non-hydrogen) atoms. The van der Waals surface area contributed by atoms with Crippen LogP contribution in [0.25, 0.3) is 0 Å². The van der Waals surface area contributed by atoms with Gasteiger partial charge < -0.3 is 5.11 Å². The maximum absolute atomic E-state index is 8.91. The third kappa shape index (κ3) is 3.03. The van der Waals surface area contributed by atoms with E-state index in [1.54, 1.807) is 11.3 Å². The van der Waals surface area contributed by atoms with Gasteiger partial charge in [0.1, 0.15) is 0 Å². The molecule has 1 unspecified atom stereocenters. The zero-order valence-corrected chi connectivity index (χ0v) is 10.7. The second-order valence-electron chi connectivity index (χ2n) is 4.49. The Morgan fingerprint density at radius 1 is 1.62 bits per heavy atom. The summed E-state index contributed by atoms with van der Waals surface area (Å²) in [5.41, 5.74) is 1.21. The van der Waals surface area contributed by atoms with Crippen LogP contribution in [0.15, 0.2) is 5.38 Å². The molecule has 1 aromatic rings. The van der Waals surface area contributed by atoms with Gasteiger partial charge in [-0.1, -0.05) is 6.92 Å². The number of likely N-dealkylation sites (tertiary alicyclic amines) is 1. The number of aliphatic hydroxyl groups is 1. The number of rotatable bonds is 5. The zero-order chi connectivity index (χ0) is 11.4. The molecule has 1 N–H and O–H groups in total. The first-order valence-corrected chi connectivity index (χ1v) is 6.96. The van der Waals surface area contributed by atoms with Crippen LogP contribution in [0.1, 0.15) is 30.5 Å². The van der Waals surface area contributed by atoms with E-state index < -0.39 is 0 Å². The van der Waals surface area contributed by atoms with Gasteiger partial charge in [-0.2, -0.15) is 0 Å². The van der Waals surface area contributed by atoms with Gasteiger partial charge in [0, 0.05) is 25.1 Å². The van der Waals surface area contributed by atoms with Crippen molar-refractivity contribution in [1.82, 2.24) is 9.88 Å². The smallest absolute Gasteiger partial charge is 0.0926 e. The third-order valence-corrected chi connectivity index (χ3v) is 4.24. The number of nitrogens with zero attached hydrogens (tertiary/aromatic N) is 2. The van der Waals surface area contributed by atoms with Gasteiger partial charge in [0.05, 0.1) is 10.7 Å². The van der Waals surface area contributed by atoms with Crippen LogP contribution in [0.4, 0.5) is 0 Å². The highest BCUT2D eigenvalue weighted by atomic mass is 32.1. The highest BCUT2D eigenvalue weighted by Gasteiger charge is 2.22. The van der Waals surface area contributed by atoms with Crippen LogP contribution in [-0.2, 0) is 13.0 Å². The van der Waals surface area contributed by atoms with Crippen LogP contribution in [0, 0.1) is 5.92 Å². The molecule has 1 fully saturated rings. The number of aliphatic hydroxyl groups excluding tert-OH is 1. The van der Waals surface area contributed by atoms with Gasteiger partial charge >= 0.3 is 0 Å². The molecule has 90 valence electrons. The van der Waals surface area contributed by atoms with Crippen LogP contribution < -0.4 is 0 Å². The van der Waals surface area contributed by atoms with Crippen molar-refractivity contribution in [3.8, 4) is 0 Å². The average Bonchev–Trinajstić information content (AvgIpc) is 2.89. The number of hydrogen-bond donors (Lipinski definition) is 1. The van der Waals surface area contributed by atoms with Gasteiger partial charge in [0.25, 0.3) is 0 Å². The minimum atomic E-state index is 0.329.